The molecule has 0 rings (SSSR count). The van der Waals surface area contributed by atoms with Crippen LogP contribution in [0, 0.1) is 0 Å². The minimum absolute atomic E-state index is 0.158. The summed E-state index contributed by atoms with van der Waals surface area (Å²) in [5.74, 6) is 0.0812. The van der Waals surface area contributed by atoms with Crippen LogP contribution in [-0.4, -0.2) is 44.0 Å². The fourth-order valence-corrected chi connectivity index (χ4v) is 0.378. The number of carbonyl (C=O) groups is 1. The average molecular weight is 196 g/mol. The first-order chi connectivity index (χ1) is 5.40. The Balaban J connectivity index is 0. The molecule has 0 aliphatic carbocycles. The lowest BCUT2D eigenvalue weighted by atomic mass is 10.5. The van der Waals surface area contributed by atoms with E-state index in [-0.39, 0.29) is 12.1 Å². The molecule has 0 heterocycles. The van der Waals surface area contributed by atoms with Gasteiger partial charge in [-0.3, -0.25) is 4.79 Å². The summed E-state index contributed by atoms with van der Waals surface area (Å²) < 4.78 is 4.63. The van der Waals surface area contributed by atoms with Gasteiger partial charge in [0.15, 0.2) is 0 Å². The first-order valence-corrected chi connectivity index (χ1v) is 4.27. The zero-order chi connectivity index (χ0) is 10.1. The van der Waals surface area contributed by atoms with Crippen molar-refractivity contribution >= 4 is 17.6 Å². The molecule has 0 amide bonds. The average Bonchev–Trinajstić information content (AvgIpc) is 1.84. The molecule has 0 spiro atoms. The van der Waals surface area contributed by atoms with Crippen molar-refractivity contribution in [1.29, 1.82) is 0 Å². The SMILES string of the molecule is CC(=O)OC(C)CCl.CN(C)C. The van der Waals surface area contributed by atoms with Crippen molar-refractivity contribution in [3.8, 4) is 0 Å². The second-order valence-electron chi connectivity index (χ2n) is 2.92. The van der Waals surface area contributed by atoms with Crippen LogP contribution in [0.25, 0.3) is 0 Å². The number of rotatable bonds is 2. The van der Waals surface area contributed by atoms with E-state index in [4.69, 9.17) is 11.6 Å². The maximum atomic E-state index is 10.1. The van der Waals surface area contributed by atoms with Gasteiger partial charge in [0.1, 0.15) is 6.10 Å². The van der Waals surface area contributed by atoms with Crippen molar-refractivity contribution in [1.82, 2.24) is 4.90 Å². The predicted octanol–water partition coefficient (Wildman–Crippen LogP) is 1.35. The van der Waals surface area contributed by atoms with E-state index < -0.39 is 0 Å². The van der Waals surface area contributed by atoms with Crippen molar-refractivity contribution < 1.29 is 9.53 Å². The molecule has 0 saturated carbocycles. The highest BCUT2D eigenvalue weighted by molar-refractivity contribution is 6.18. The Kier molecular flexibility index (Phi) is 10.5. The molecule has 0 aromatic carbocycles. The molecule has 0 aliphatic rings. The van der Waals surface area contributed by atoms with Gasteiger partial charge in [-0.2, -0.15) is 0 Å². The van der Waals surface area contributed by atoms with Crippen LogP contribution in [0.2, 0.25) is 0 Å². The predicted molar refractivity (Wildman–Crippen MR) is 51.6 cm³/mol. The molecule has 0 radical (unpaired) electrons. The summed E-state index contributed by atoms with van der Waals surface area (Å²) in [5, 5.41) is 0. The summed E-state index contributed by atoms with van der Waals surface area (Å²) in [7, 11) is 6.00. The summed E-state index contributed by atoms with van der Waals surface area (Å²) in [5.41, 5.74) is 0. The van der Waals surface area contributed by atoms with E-state index in [0.717, 1.165) is 0 Å². The Morgan fingerprint density at radius 1 is 1.50 bits per heavy atom. The Bertz CT molecular complexity index is 115. The second kappa shape index (κ2) is 8.81. The van der Waals surface area contributed by atoms with Gasteiger partial charge < -0.3 is 9.64 Å². The molecule has 1 atom stereocenters. The van der Waals surface area contributed by atoms with Gasteiger partial charge in [0, 0.05) is 6.92 Å². The van der Waals surface area contributed by atoms with Gasteiger partial charge in [0.25, 0.3) is 0 Å². The van der Waals surface area contributed by atoms with Crippen LogP contribution in [0.1, 0.15) is 13.8 Å². The van der Waals surface area contributed by atoms with Gasteiger partial charge in [-0.15, -0.1) is 11.6 Å². The molecule has 0 aromatic rings. The summed E-state index contributed by atoms with van der Waals surface area (Å²) in [4.78, 5) is 12.1. The molecule has 4 heteroatoms. The van der Waals surface area contributed by atoms with Crippen LogP contribution in [0.3, 0.4) is 0 Å². The normalized spacial score (nSPS) is 11.6. The van der Waals surface area contributed by atoms with Crippen molar-refractivity contribution in [2.24, 2.45) is 0 Å². The van der Waals surface area contributed by atoms with Crippen LogP contribution >= 0.6 is 11.6 Å². The number of halogens is 1. The van der Waals surface area contributed by atoms with Gasteiger partial charge in [0.2, 0.25) is 0 Å². The van der Waals surface area contributed by atoms with E-state index in [2.05, 4.69) is 4.74 Å². The fraction of sp³-hybridized carbons (Fsp3) is 0.875. The van der Waals surface area contributed by atoms with E-state index in [0.29, 0.717) is 5.88 Å². The van der Waals surface area contributed by atoms with E-state index in [1.807, 2.05) is 26.0 Å². The summed E-state index contributed by atoms with van der Waals surface area (Å²) >= 11 is 5.32. The number of hydrogen-bond acceptors (Lipinski definition) is 3. The number of hydrogen-bond donors (Lipinski definition) is 0. The number of nitrogens with zero attached hydrogens (tertiary/aromatic N) is 1. The van der Waals surface area contributed by atoms with Crippen LogP contribution in [-0.2, 0) is 9.53 Å². The third kappa shape index (κ3) is 22.6. The standard InChI is InChI=1S/C5H9ClO2.C3H9N/c1-4(3-6)8-5(2)7;1-4(2)3/h4H,3H2,1-2H3;1-3H3. The molecule has 0 fully saturated rings. The van der Waals surface area contributed by atoms with Crippen molar-refractivity contribution in [3.63, 3.8) is 0 Å². The Morgan fingerprint density at radius 2 is 1.83 bits per heavy atom. The second-order valence-corrected chi connectivity index (χ2v) is 3.22. The number of carbonyl (C=O) groups excluding carboxylic acids is 1. The molecule has 12 heavy (non-hydrogen) atoms. The lowest BCUT2D eigenvalue weighted by Crippen LogP contribution is -2.12. The molecular formula is C8H18ClNO2. The molecule has 1 unspecified atom stereocenters. The Morgan fingerprint density at radius 3 is 1.92 bits per heavy atom. The van der Waals surface area contributed by atoms with Crippen LogP contribution in [0.4, 0.5) is 0 Å². The molecule has 0 bridgehead atoms. The van der Waals surface area contributed by atoms with E-state index in [1.54, 1.807) is 6.92 Å². The van der Waals surface area contributed by atoms with E-state index in [9.17, 15) is 4.79 Å². The summed E-state index contributed by atoms with van der Waals surface area (Å²) in [6, 6.07) is 0. The van der Waals surface area contributed by atoms with Gasteiger partial charge in [-0.05, 0) is 28.1 Å². The van der Waals surface area contributed by atoms with Crippen molar-refractivity contribution in [3.05, 3.63) is 0 Å². The fourth-order valence-electron chi connectivity index (χ4n) is 0.315. The summed E-state index contributed by atoms with van der Waals surface area (Å²) in [6.07, 6.45) is -0.158. The third-order valence-electron chi connectivity index (χ3n) is 0.584. The van der Waals surface area contributed by atoms with Gasteiger partial charge in [0.05, 0.1) is 5.88 Å². The minimum atomic E-state index is -0.279. The molecule has 0 aromatic heterocycles. The Hall–Kier alpha value is -0.280. The number of esters is 1. The van der Waals surface area contributed by atoms with Crippen molar-refractivity contribution in [2.75, 3.05) is 27.0 Å². The van der Waals surface area contributed by atoms with E-state index >= 15 is 0 Å². The zero-order valence-corrected chi connectivity index (χ0v) is 9.18. The van der Waals surface area contributed by atoms with Crippen LogP contribution in [0.5, 0.6) is 0 Å². The zero-order valence-electron chi connectivity index (χ0n) is 8.43. The van der Waals surface area contributed by atoms with E-state index in [1.165, 1.54) is 6.92 Å². The smallest absolute Gasteiger partial charge is 0.302 e. The quantitative estimate of drug-likeness (QED) is 0.492. The molecule has 0 aliphatic heterocycles. The van der Waals surface area contributed by atoms with Crippen molar-refractivity contribution in [2.45, 2.75) is 20.0 Å². The first kappa shape index (κ1) is 14.3. The topological polar surface area (TPSA) is 29.5 Å². The summed E-state index contributed by atoms with van der Waals surface area (Å²) in [6.45, 7) is 3.11. The van der Waals surface area contributed by atoms with Gasteiger partial charge in [-0.25, -0.2) is 0 Å². The lowest BCUT2D eigenvalue weighted by molar-refractivity contribution is -0.144. The minimum Gasteiger partial charge on any atom is -0.462 e. The van der Waals surface area contributed by atoms with Gasteiger partial charge in [-0.1, -0.05) is 0 Å². The lowest BCUT2D eigenvalue weighted by Gasteiger charge is -2.05. The third-order valence-corrected chi connectivity index (χ3v) is 1.02. The van der Waals surface area contributed by atoms with Crippen LogP contribution in [0.15, 0.2) is 0 Å². The highest BCUT2D eigenvalue weighted by Gasteiger charge is 2.00. The molecule has 0 N–H and O–H groups in total. The highest BCUT2D eigenvalue weighted by Crippen LogP contribution is 1.92. The number of alkyl halides is 1. The number of ether oxygens (including phenoxy) is 1. The highest BCUT2D eigenvalue weighted by atomic mass is 35.5. The largest absolute Gasteiger partial charge is 0.462 e. The Labute approximate surface area is 79.6 Å². The monoisotopic (exact) mass is 195 g/mol. The maximum absolute atomic E-state index is 10.1. The maximum Gasteiger partial charge on any atom is 0.302 e. The molecule has 3 nitrogen and oxygen atoms in total. The van der Waals surface area contributed by atoms with Crippen LogP contribution < -0.4 is 0 Å². The van der Waals surface area contributed by atoms with Gasteiger partial charge >= 0.3 is 5.97 Å². The first-order valence-electron chi connectivity index (χ1n) is 3.74. The molecule has 0 saturated heterocycles. The molecule has 74 valence electrons. The molecular weight excluding hydrogens is 178 g/mol.